The van der Waals surface area contributed by atoms with E-state index in [1.807, 2.05) is 0 Å². The highest BCUT2D eigenvalue weighted by Crippen LogP contribution is 1.75. The lowest BCUT2D eigenvalue weighted by atomic mass is 10.4. The molecule has 72 valence electrons. The Hall–Kier alpha value is -0.650. The van der Waals surface area contributed by atoms with E-state index in [2.05, 4.69) is 10.6 Å². The van der Waals surface area contributed by atoms with Crippen molar-refractivity contribution in [3.8, 4) is 0 Å². The Labute approximate surface area is 72.9 Å². The lowest BCUT2D eigenvalue weighted by Crippen LogP contribution is -2.32. The molecule has 0 bridgehead atoms. The van der Waals surface area contributed by atoms with Crippen molar-refractivity contribution in [1.82, 2.24) is 10.6 Å². The maximum atomic E-state index is 10.9. The van der Waals surface area contributed by atoms with Crippen molar-refractivity contribution in [3.63, 3.8) is 0 Å². The van der Waals surface area contributed by atoms with Crippen molar-refractivity contribution in [2.24, 2.45) is 11.5 Å². The van der Waals surface area contributed by atoms with Gasteiger partial charge in [-0.15, -0.1) is 0 Å². The molecule has 0 aliphatic carbocycles. The molecule has 6 N–H and O–H groups in total. The van der Waals surface area contributed by atoms with E-state index in [4.69, 9.17) is 11.5 Å². The normalized spacial score (nSPS) is 9.83. The number of amides is 1. The Morgan fingerprint density at radius 1 is 1.08 bits per heavy atom. The Kier molecular flexibility index (Phi) is 7.99. The quantitative estimate of drug-likeness (QED) is 0.336. The van der Waals surface area contributed by atoms with E-state index < -0.39 is 0 Å². The number of carbonyl (C=O) groups excluding carboxylic acids is 1. The van der Waals surface area contributed by atoms with Gasteiger partial charge in [-0.3, -0.25) is 4.79 Å². The maximum Gasteiger partial charge on any atom is 0.221 e. The summed E-state index contributed by atoms with van der Waals surface area (Å²) in [5.74, 6) is 0.0324. The molecular formula is C7H18N4O. The number of hydrogen-bond donors (Lipinski definition) is 4. The largest absolute Gasteiger partial charge is 0.355 e. The number of nitrogens with two attached hydrogens (primary N) is 2. The van der Waals surface area contributed by atoms with Crippen molar-refractivity contribution in [3.05, 3.63) is 0 Å². The fraction of sp³-hybridized carbons (Fsp3) is 0.857. The topological polar surface area (TPSA) is 93.2 Å². The van der Waals surface area contributed by atoms with Crippen LogP contribution in [-0.2, 0) is 4.79 Å². The fourth-order valence-corrected chi connectivity index (χ4v) is 0.729. The summed E-state index contributed by atoms with van der Waals surface area (Å²) in [6.45, 7) is 3.07. The predicted molar refractivity (Wildman–Crippen MR) is 48.6 cm³/mol. The first-order valence-electron chi connectivity index (χ1n) is 4.18. The minimum atomic E-state index is 0.0324. The highest BCUT2D eigenvalue weighted by Gasteiger charge is 1.97. The summed E-state index contributed by atoms with van der Waals surface area (Å²) in [6.07, 6.45) is 0.486. The summed E-state index contributed by atoms with van der Waals surface area (Å²) in [6, 6.07) is 0. The summed E-state index contributed by atoms with van der Waals surface area (Å²) in [5, 5.41) is 5.70. The maximum absolute atomic E-state index is 10.9. The van der Waals surface area contributed by atoms with Crippen molar-refractivity contribution in [2.45, 2.75) is 6.42 Å². The first kappa shape index (κ1) is 11.4. The van der Waals surface area contributed by atoms with Crippen LogP contribution in [0.1, 0.15) is 6.42 Å². The molecule has 1 amide bonds. The summed E-state index contributed by atoms with van der Waals surface area (Å²) >= 11 is 0. The van der Waals surface area contributed by atoms with Crippen LogP contribution in [0.15, 0.2) is 0 Å². The van der Waals surface area contributed by atoms with Crippen LogP contribution in [0.2, 0.25) is 0 Å². The molecule has 0 atom stereocenters. The second kappa shape index (κ2) is 8.45. The average Bonchev–Trinajstić information content (AvgIpc) is 2.09. The molecule has 0 aliphatic rings. The van der Waals surface area contributed by atoms with Gasteiger partial charge in [-0.2, -0.15) is 0 Å². The molecule has 0 radical (unpaired) electrons. The number of rotatable bonds is 7. The van der Waals surface area contributed by atoms with E-state index in [1.54, 1.807) is 0 Å². The van der Waals surface area contributed by atoms with E-state index in [1.165, 1.54) is 0 Å². The van der Waals surface area contributed by atoms with Gasteiger partial charge in [-0.25, -0.2) is 0 Å². The van der Waals surface area contributed by atoms with Crippen LogP contribution >= 0.6 is 0 Å². The molecule has 0 saturated heterocycles. The van der Waals surface area contributed by atoms with Gasteiger partial charge in [0.15, 0.2) is 0 Å². The van der Waals surface area contributed by atoms with E-state index >= 15 is 0 Å². The Morgan fingerprint density at radius 3 is 2.33 bits per heavy atom. The second-order valence-electron chi connectivity index (χ2n) is 2.43. The SMILES string of the molecule is NCCNCCC(=O)NCCN. The van der Waals surface area contributed by atoms with Crippen LogP contribution < -0.4 is 22.1 Å². The zero-order valence-electron chi connectivity index (χ0n) is 7.31. The zero-order valence-corrected chi connectivity index (χ0v) is 7.31. The molecule has 0 saturated carbocycles. The number of carbonyl (C=O) groups is 1. The van der Waals surface area contributed by atoms with Crippen LogP contribution in [-0.4, -0.2) is 38.6 Å². The van der Waals surface area contributed by atoms with E-state index in [9.17, 15) is 4.79 Å². The van der Waals surface area contributed by atoms with Crippen LogP contribution in [0.5, 0.6) is 0 Å². The molecule has 12 heavy (non-hydrogen) atoms. The van der Waals surface area contributed by atoms with Gasteiger partial charge in [0.2, 0.25) is 5.91 Å². The summed E-state index contributed by atoms with van der Waals surface area (Å²) in [5.41, 5.74) is 10.5. The van der Waals surface area contributed by atoms with Crippen LogP contribution in [0.4, 0.5) is 0 Å². The third kappa shape index (κ3) is 7.46. The second-order valence-corrected chi connectivity index (χ2v) is 2.43. The first-order chi connectivity index (χ1) is 5.81. The minimum absolute atomic E-state index is 0.0324. The highest BCUT2D eigenvalue weighted by molar-refractivity contribution is 5.75. The Bertz CT molecular complexity index is 118. The van der Waals surface area contributed by atoms with Crippen LogP contribution in [0.3, 0.4) is 0 Å². The van der Waals surface area contributed by atoms with Gasteiger partial charge in [0.1, 0.15) is 0 Å². The Balaban J connectivity index is 3.08. The molecule has 0 aliphatic heterocycles. The number of hydrogen-bond acceptors (Lipinski definition) is 4. The summed E-state index contributed by atoms with van der Waals surface area (Å²) < 4.78 is 0. The van der Waals surface area contributed by atoms with E-state index in [0.29, 0.717) is 32.6 Å². The van der Waals surface area contributed by atoms with E-state index in [0.717, 1.165) is 6.54 Å². The minimum Gasteiger partial charge on any atom is -0.355 e. The standard InChI is InChI=1S/C7H18N4O/c8-2-5-10-4-1-7(12)11-6-3-9/h10H,1-6,8-9H2,(H,11,12). The summed E-state index contributed by atoms with van der Waals surface area (Å²) in [7, 11) is 0. The lowest BCUT2D eigenvalue weighted by Gasteiger charge is -2.03. The van der Waals surface area contributed by atoms with Crippen molar-refractivity contribution in [2.75, 3.05) is 32.7 Å². The average molecular weight is 174 g/mol. The third-order valence-corrected chi connectivity index (χ3v) is 1.32. The number of nitrogens with one attached hydrogen (secondary N) is 2. The first-order valence-corrected chi connectivity index (χ1v) is 4.18. The van der Waals surface area contributed by atoms with Crippen molar-refractivity contribution >= 4 is 5.91 Å². The van der Waals surface area contributed by atoms with Gasteiger partial charge in [-0.05, 0) is 0 Å². The van der Waals surface area contributed by atoms with Gasteiger partial charge < -0.3 is 22.1 Å². The monoisotopic (exact) mass is 174 g/mol. The molecule has 0 rings (SSSR count). The van der Waals surface area contributed by atoms with E-state index in [-0.39, 0.29) is 5.91 Å². The molecule has 0 aromatic carbocycles. The molecule has 0 spiro atoms. The van der Waals surface area contributed by atoms with Crippen LogP contribution in [0, 0.1) is 0 Å². The van der Waals surface area contributed by atoms with Gasteiger partial charge in [0.25, 0.3) is 0 Å². The fourth-order valence-electron chi connectivity index (χ4n) is 0.729. The lowest BCUT2D eigenvalue weighted by molar-refractivity contribution is -0.120. The van der Waals surface area contributed by atoms with Gasteiger partial charge in [0, 0.05) is 39.1 Å². The van der Waals surface area contributed by atoms with Crippen molar-refractivity contribution in [1.29, 1.82) is 0 Å². The van der Waals surface area contributed by atoms with Gasteiger partial charge >= 0.3 is 0 Å². The Morgan fingerprint density at radius 2 is 1.75 bits per heavy atom. The predicted octanol–water partition coefficient (Wildman–Crippen LogP) is -2.00. The molecule has 0 aromatic rings. The molecule has 0 heterocycles. The van der Waals surface area contributed by atoms with Crippen LogP contribution in [0.25, 0.3) is 0 Å². The molecule has 0 aromatic heterocycles. The molecule has 5 heteroatoms. The van der Waals surface area contributed by atoms with Crippen molar-refractivity contribution < 1.29 is 4.79 Å². The van der Waals surface area contributed by atoms with Gasteiger partial charge in [-0.1, -0.05) is 0 Å². The highest BCUT2D eigenvalue weighted by atomic mass is 16.1. The zero-order chi connectivity index (χ0) is 9.23. The third-order valence-electron chi connectivity index (χ3n) is 1.32. The molecular weight excluding hydrogens is 156 g/mol. The molecule has 5 nitrogen and oxygen atoms in total. The summed E-state index contributed by atoms with van der Waals surface area (Å²) in [4.78, 5) is 10.9. The smallest absolute Gasteiger partial charge is 0.221 e. The van der Waals surface area contributed by atoms with Gasteiger partial charge in [0.05, 0.1) is 0 Å². The molecule has 0 fully saturated rings. The molecule has 0 unspecified atom stereocenters.